The van der Waals surface area contributed by atoms with Crippen LogP contribution in [0.2, 0.25) is 0 Å². The van der Waals surface area contributed by atoms with Crippen molar-refractivity contribution in [3.63, 3.8) is 0 Å². The van der Waals surface area contributed by atoms with Crippen LogP contribution < -0.4 is 11.5 Å². The maximum atomic E-state index is 11.1. The number of nitrogens with two attached hydrogens (primary N) is 2. The van der Waals surface area contributed by atoms with Crippen molar-refractivity contribution in [1.29, 1.82) is 0 Å². The van der Waals surface area contributed by atoms with Gasteiger partial charge in [-0.15, -0.1) is 0 Å². The smallest absolute Gasteiger partial charge is 0.224 e. The van der Waals surface area contributed by atoms with E-state index >= 15 is 0 Å². The molecule has 0 spiro atoms. The van der Waals surface area contributed by atoms with Crippen molar-refractivity contribution in [2.75, 3.05) is 26.2 Å². The highest BCUT2D eigenvalue weighted by molar-refractivity contribution is 5.81. The van der Waals surface area contributed by atoms with Crippen LogP contribution in [0.15, 0.2) is 0 Å². The monoisotopic (exact) mass is 185 g/mol. The van der Waals surface area contributed by atoms with Gasteiger partial charge in [0.05, 0.1) is 5.41 Å². The Hall–Kier alpha value is -0.610. The molecule has 1 unspecified atom stereocenters. The number of primary amides is 1. The average Bonchev–Trinajstić information content (AvgIpc) is 2.45. The second-order valence-electron chi connectivity index (χ2n) is 4.09. The zero-order valence-electron chi connectivity index (χ0n) is 8.25. The molecule has 1 aliphatic heterocycles. The summed E-state index contributed by atoms with van der Waals surface area (Å²) in [7, 11) is 0. The summed E-state index contributed by atoms with van der Waals surface area (Å²) in [4.78, 5) is 13.4. The number of rotatable bonds is 4. The minimum atomic E-state index is -0.311. The molecule has 0 aromatic carbocycles. The van der Waals surface area contributed by atoms with Gasteiger partial charge < -0.3 is 16.4 Å². The average molecular weight is 185 g/mol. The van der Waals surface area contributed by atoms with Crippen LogP contribution in [0.4, 0.5) is 0 Å². The number of hydrogen-bond acceptors (Lipinski definition) is 3. The molecule has 4 heteroatoms. The lowest BCUT2D eigenvalue weighted by molar-refractivity contribution is -0.126. The maximum Gasteiger partial charge on any atom is 0.224 e. The number of likely N-dealkylation sites (tertiary alicyclic amines) is 1. The van der Waals surface area contributed by atoms with Crippen molar-refractivity contribution in [3.05, 3.63) is 0 Å². The number of carbonyl (C=O) groups is 1. The van der Waals surface area contributed by atoms with Gasteiger partial charge in [0, 0.05) is 6.54 Å². The van der Waals surface area contributed by atoms with E-state index in [-0.39, 0.29) is 11.3 Å². The fourth-order valence-electron chi connectivity index (χ4n) is 1.76. The fourth-order valence-corrected chi connectivity index (χ4v) is 1.76. The van der Waals surface area contributed by atoms with E-state index in [0.717, 1.165) is 32.5 Å². The Kier molecular flexibility index (Phi) is 3.27. The molecule has 1 rings (SSSR count). The molecule has 1 heterocycles. The Labute approximate surface area is 79.3 Å². The lowest BCUT2D eigenvalue weighted by Gasteiger charge is -2.20. The topological polar surface area (TPSA) is 72.4 Å². The Balaban J connectivity index is 2.39. The Morgan fingerprint density at radius 3 is 2.77 bits per heavy atom. The molecule has 0 bridgehead atoms. The van der Waals surface area contributed by atoms with Gasteiger partial charge in [0.15, 0.2) is 0 Å². The van der Waals surface area contributed by atoms with Gasteiger partial charge in [-0.2, -0.15) is 0 Å². The highest BCUT2D eigenvalue weighted by Gasteiger charge is 2.38. The van der Waals surface area contributed by atoms with Gasteiger partial charge in [-0.05, 0) is 39.4 Å². The van der Waals surface area contributed by atoms with Crippen LogP contribution in [-0.2, 0) is 4.79 Å². The number of amides is 1. The molecule has 1 saturated heterocycles. The summed E-state index contributed by atoms with van der Waals surface area (Å²) in [6.07, 6.45) is 1.88. The molecule has 0 aromatic rings. The predicted molar refractivity (Wildman–Crippen MR) is 52.0 cm³/mol. The molecule has 1 aliphatic rings. The molecule has 0 aliphatic carbocycles. The largest absolute Gasteiger partial charge is 0.369 e. The molecule has 0 radical (unpaired) electrons. The zero-order valence-corrected chi connectivity index (χ0v) is 8.25. The van der Waals surface area contributed by atoms with E-state index in [1.165, 1.54) is 0 Å². The van der Waals surface area contributed by atoms with Crippen molar-refractivity contribution in [3.8, 4) is 0 Å². The van der Waals surface area contributed by atoms with Crippen molar-refractivity contribution >= 4 is 5.91 Å². The summed E-state index contributed by atoms with van der Waals surface area (Å²) in [5, 5.41) is 0. The third-order valence-electron chi connectivity index (χ3n) is 2.83. The van der Waals surface area contributed by atoms with E-state index in [4.69, 9.17) is 11.5 Å². The fraction of sp³-hybridized carbons (Fsp3) is 0.889. The molecule has 4 nitrogen and oxygen atoms in total. The van der Waals surface area contributed by atoms with E-state index in [2.05, 4.69) is 4.90 Å². The predicted octanol–water partition coefficient (Wildman–Crippen LogP) is -0.467. The molecule has 1 fully saturated rings. The third kappa shape index (κ3) is 2.42. The molecule has 0 aromatic heterocycles. The van der Waals surface area contributed by atoms with Gasteiger partial charge in [0.1, 0.15) is 0 Å². The summed E-state index contributed by atoms with van der Waals surface area (Å²) >= 11 is 0. The van der Waals surface area contributed by atoms with E-state index in [1.807, 2.05) is 6.92 Å². The van der Waals surface area contributed by atoms with Crippen LogP contribution in [0.3, 0.4) is 0 Å². The van der Waals surface area contributed by atoms with Gasteiger partial charge in [-0.3, -0.25) is 4.79 Å². The van der Waals surface area contributed by atoms with Crippen molar-refractivity contribution in [2.45, 2.75) is 19.8 Å². The first-order valence-corrected chi connectivity index (χ1v) is 4.81. The van der Waals surface area contributed by atoms with Crippen molar-refractivity contribution in [1.82, 2.24) is 4.90 Å². The highest BCUT2D eigenvalue weighted by Crippen LogP contribution is 2.29. The van der Waals surface area contributed by atoms with E-state index in [0.29, 0.717) is 6.54 Å². The molecule has 13 heavy (non-hydrogen) atoms. The Morgan fingerprint density at radius 2 is 2.31 bits per heavy atom. The lowest BCUT2D eigenvalue weighted by Crippen LogP contribution is -2.37. The quantitative estimate of drug-likeness (QED) is 0.622. The van der Waals surface area contributed by atoms with Gasteiger partial charge >= 0.3 is 0 Å². The minimum Gasteiger partial charge on any atom is -0.369 e. The summed E-state index contributed by atoms with van der Waals surface area (Å²) in [6.45, 7) is 5.41. The molecule has 1 amide bonds. The van der Waals surface area contributed by atoms with Crippen LogP contribution in [0.5, 0.6) is 0 Å². The SMILES string of the molecule is CC1(C(N)=O)CCN(CCCN)C1. The molecular formula is C9H19N3O. The minimum absolute atomic E-state index is 0.178. The summed E-state index contributed by atoms with van der Waals surface area (Å²) in [5.74, 6) is -0.178. The normalized spacial score (nSPS) is 29.4. The van der Waals surface area contributed by atoms with E-state index in [1.54, 1.807) is 0 Å². The second-order valence-corrected chi connectivity index (χ2v) is 4.09. The third-order valence-corrected chi connectivity index (χ3v) is 2.83. The maximum absolute atomic E-state index is 11.1. The van der Waals surface area contributed by atoms with Crippen LogP contribution in [0.25, 0.3) is 0 Å². The Bertz CT molecular complexity index is 195. The number of nitrogens with zero attached hydrogens (tertiary/aromatic N) is 1. The summed E-state index contributed by atoms with van der Waals surface area (Å²) in [5.41, 5.74) is 10.4. The molecule has 1 atom stereocenters. The van der Waals surface area contributed by atoms with Crippen molar-refractivity contribution < 1.29 is 4.79 Å². The van der Waals surface area contributed by atoms with Crippen LogP contribution in [-0.4, -0.2) is 37.0 Å². The van der Waals surface area contributed by atoms with Gasteiger partial charge in [0.25, 0.3) is 0 Å². The number of carbonyl (C=O) groups excluding carboxylic acids is 1. The summed E-state index contributed by atoms with van der Waals surface area (Å²) < 4.78 is 0. The zero-order chi connectivity index (χ0) is 9.90. The molecule has 0 saturated carbocycles. The molecular weight excluding hydrogens is 166 g/mol. The van der Waals surface area contributed by atoms with Crippen LogP contribution >= 0.6 is 0 Å². The molecule has 4 N–H and O–H groups in total. The highest BCUT2D eigenvalue weighted by atomic mass is 16.1. The first-order valence-electron chi connectivity index (χ1n) is 4.81. The van der Waals surface area contributed by atoms with E-state index < -0.39 is 0 Å². The van der Waals surface area contributed by atoms with Gasteiger partial charge in [0.2, 0.25) is 5.91 Å². The second kappa shape index (κ2) is 4.07. The first-order chi connectivity index (χ1) is 6.08. The van der Waals surface area contributed by atoms with Crippen LogP contribution in [0.1, 0.15) is 19.8 Å². The van der Waals surface area contributed by atoms with E-state index in [9.17, 15) is 4.79 Å². The standard InChI is InChI=1S/C9H19N3O/c1-9(8(11)13)3-6-12(7-9)5-2-4-10/h2-7,10H2,1H3,(H2,11,13). The first kappa shape index (κ1) is 10.5. The molecule has 76 valence electrons. The van der Waals surface area contributed by atoms with Crippen molar-refractivity contribution in [2.24, 2.45) is 16.9 Å². The summed E-state index contributed by atoms with van der Waals surface area (Å²) in [6, 6.07) is 0. The van der Waals surface area contributed by atoms with Gasteiger partial charge in [-0.25, -0.2) is 0 Å². The number of hydrogen-bond donors (Lipinski definition) is 2. The Morgan fingerprint density at radius 1 is 1.62 bits per heavy atom. The lowest BCUT2D eigenvalue weighted by atomic mass is 9.89. The van der Waals surface area contributed by atoms with Gasteiger partial charge in [-0.1, -0.05) is 0 Å². The van der Waals surface area contributed by atoms with Crippen LogP contribution in [0, 0.1) is 5.41 Å².